The number of benzene rings is 3. The SMILES string of the molecule is CCc1ccc(Cc2ccc(Cc3ccc(CC)c(Cl)c3)c(C)c2)cc1. The molecule has 0 heterocycles. The smallest absolute Gasteiger partial charge is 0.0440 e. The molecule has 1 heteroatoms. The van der Waals surface area contributed by atoms with Crippen molar-refractivity contribution in [1.82, 2.24) is 0 Å². The molecule has 0 atom stereocenters. The van der Waals surface area contributed by atoms with E-state index < -0.39 is 0 Å². The van der Waals surface area contributed by atoms with E-state index in [-0.39, 0.29) is 0 Å². The van der Waals surface area contributed by atoms with Gasteiger partial charge in [-0.3, -0.25) is 0 Å². The molecule has 0 aromatic heterocycles. The standard InChI is InChI=1S/C25H27Cl/c1-4-19-6-8-20(9-7-19)15-21-11-13-24(18(3)14-21)16-22-10-12-23(5-2)25(26)17-22/h6-14,17H,4-5,15-16H2,1-3H3. The van der Waals surface area contributed by atoms with Crippen molar-refractivity contribution in [2.24, 2.45) is 0 Å². The first-order valence-corrected chi connectivity index (χ1v) is 9.90. The Labute approximate surface area is 162 Å². The second kappa shape index (κ2) is 8.56. The summed E-state index contributed by atoms with van der Waals surface area (Å²) in [5, 5.41) is 0.884. The average molecular weight is 363 g/mol. The van der Waals surface area contributed by atoms with Gasteiger partial charge in [0, 0.05) is 5.02 Å². The molecule has 3 aromatic rings. The minimum absolute atomic E-state index is 0.884. The van der Waals surface area contributed by atoms with Crippen molar-refractivity contribution < 1.29 is 0 Å². The van der Waals surface area contributed by atoms with Crippen molar-refractivity contribution in [3.63, 3.8) is 0 Å². The maximum atomic E-state index is 6.37. The fraction of sp³-hybridized carbons (Fsp3) is 0.280. The van der Waals surface area contributed by atoms with E-state index in [1.54, 1.807) is 0 Å². The first kappa shape index (κ1) is 18.7. The number of hydrogen-bond donors (Lipinski definition) is 0. The molecule has 0 bridgehead atoms. The van der Waals surface area contributed by atoms with Gasteiger partial charge in [0.25, 0.3) is 0 Å². The van der Waals surface area contributed by atoms with E-state index in [0.717, 1.165) is 30.7 Å². The predicted molar refractivity (Wildman–Crippen MR) is 113 cm³/mol. The monoisotopic (exact) mass is 362 g/mol. The van der Waals surface area contributed by atoms with Gasteiger partial charge >= 0.3 is 0 Å². The third kappa shape index (κ3) is 4.56. The number of rotatable bonds is 6. The van der Waals surface area contributed by atoms with Gasteiger partial charge in [0.1, 0.15) is 0 Å². The summed E-state index contributed by atoms with van der Waals surface area (Å²) >= 11 is 6.37. The molecule has 26 heavy (non-hydrogen) atoms. The van der Waals surface area contributed by atoms with Gasteiger partial charge in [-0.15, -0.1) is 0 Å². The predicted octanol–water partition coefficient (Wildman–Crippen LogP) is 6.95. The molecular weight excluding hydrogens is 336 g/mol. The van der Waals surface area contributed by atoms with E-state index in [1.807, 2.05) is 0 Å². The van der Waals surface area contributed by atoms with Crippen LogP contribution in [-0.2, 0) is 25.7 Å². The Morgan fingerprint density at radius 2 is 1.19 bits per heavy atom. The highest BCUT2D eigenvalue weighted by molar-refractivity contribution is 6.31. The van der Waals surface area contributed by atoms with Crippen LogP contribution in [0.4, 0.5) is 0 Å². The Balaban J connectivity index is 1.73. The summed E-state index contributed by atoms with van der Waals surface area (Å²) in [6, 6.07) is 22.3. The van der Waals surface area contributed by atoms with Crippen LogP contribution >= 0.6 is 11.6 Å². The molecule has 0 aliphatic heterocycles. The van der Waals surface area contributed by atoms with E-state index in [0.29, 0.717) is 0 Å². The highest BCUT2D eigenvalue weighted by atomic mass is 35.5. The van der Waals surface area contributed by atoms with Crippen molar-refractivity contribution in [2.45, 2.75) is 46.5 Å². The average Bonchev–Trinajstić information content (AvgIpc) is 2.65. The number of hydrogen-bond acceptors (Lipinski definition) is 0. The van der Waals surface area contributed by atoms with Gasteiger partial charge in [-0.2, -0.15) is 0 Å². The Morgan fingerprint density at radius 1 is 0.615 bits per heavy atom. The van der Waals surface area contributed by atoms with E-state index in [1.165, 1.54) is 38.9 Å². The van der Waals surface area contributed by atoms with Crippen LogP contribution in [0.1, 0.15) is 52.8 Å². The second-order valence-corrected chi connectivity index (χ2v) is 7.47. The zero-order valence-corrected chi connectivity index (χ0v) is 16.7. The topological polar surface area (TPSA) is 0 Å². The molecule has 3 rings (SSSR count). The third-order valence-electron chi connectivity index (χ3n) is 5.14. The van der Waals surface area contributed by atoms with Gasteiger partial charge in [-0.1, -0.05) is 80.0 Å². The minimum atomic E-state index is 0.884. The number of aryl methyl sites for hydroxylation is 3. The molecule has 0 nitrogen and oxygen atoms in total. The van der Waals surface area contributed by atoms with Crippen LogP contribution in [0.25, 0.3) is 0 Å². The zero-order valence-electron chi connectivity index (χ0n) is 16.0. The summed E-state index contributed by atoms with van der Waals surface area (Å²) in [4.78, 5) is 0. The summed E-state index contributed by atoms with van der Waals surface area (Å²) in [5.41, 5.74) is 9.35. The fourth-order valence-corrected chi connectivity index (χ4v) is 3.74. The van der Waals surface area contributed by atoms with Crippen molar-refractivity contribution in [3.8, 4) is 0 Å². The van der Waals surface area contributed by atoms with Gasteiger partial charge in [0.05, 0.1) is 0 Å². The lowest BCUT2D eigenvalue weighted by molar-refractivity contribution is 1.09. The van der Waals surface area contributed by atoms with Gasteiger partial charge in [-0.25, -0.2) is 0 Å². The number of halogens is 1. The van der Waals surface area contributed by atoms with Crippen molar-refractivity contribution in [2.75, 3.05) is 0 Å². The molecule has 0 amide bonds. The van der Waals surface area contributed by atoms with E-state index >= 15 is 0 Å². The van der Waals surface area contributed by atoms with E-state index in [9.17, 15) is 0 Å². The lowest BCUT2D eigenvalue weighted by Gasteiger charge is -2.11. The largest absolute Gasteiger partial charge is 0.0840 e. The highest BCUT2D eigenvalue weighted by Crippen LogP contribution is 2.22. The Hall–Kier alpha value is -2.05. The molecule has 0 radical (unpaired) electrons. The van der Waals surface area contributed by atoms with Gasteiger partial charge in [0.15, 0.2) is 0 Å². The molecule has 0 aliphatic rings. The molecule has 0 N–H and O–H groups in total. The molecule has 0 saturated heterocycles. The van der Waals surface area contributed by atoms with Crippen LogP contribution in [0.5, 0.6) is 0 Å². The Kier molecular flexibility index (Phi) is 6.16. The Bertz CT molecular complexity index is 875. The van der Waals surface area contributed by atoms with Crippen molar-refractivity contribution >= 4 is 11.6 Å². The van der Waals surface area contributed by atoms with Crippen molar-refractivity contribution in [1.29, 1.82) is 0 Å². The quantitative estimate of drug-likeness (QED) is 0.444. The normalized spacial score (nSPS) is 10.9. The summed E-state index contributed by atoms with van der Waals surface area (Å²) in [5.74, 6) is 0. The summed E-state index contributed by atoms with van der Waals surface area (Å²) in [6.45, 7) is 6.54. The van der Waals surface area contributed by atoms with Gasteiger partial charge in [0.2, 0.25) is 0 Å². The molecule has 0 saturated carbocycles. The first-order valence-electron chi connectivity index (χ1n) is 9.52. The van der Waals surface area contributed by atoms with E-state index in [2.05, 4.69) is 81.4 Å². The van der Waals surface area contributed by atoms with Gasteiger partial charge in [-0.05, 0) is 77.6 Å². The van der Waals surface area contributed by atoms with E-state index in [4.69, 9.17) is 11.6 Å². The maximum Gasteiger partial charge on any atom is 0.0440 e. The zero-order chi connectivity index (χ0) is 18.5. The molecule has 134 valence electrons. The second-order valence-electron chi connectivity index (χ2n) is 7.06. The molecule has 0 spiro atoms. The minimum Gasteiger partial charge on any atom is -0.0840 e. The lowest BCUT2D eigenvalue weighted by atomic mass is 9.95. The van der Waals surface area contributed by atoms with Crippen LogP contribution in [0.15, 0.2) is 60.7 Å². The first-order chi connectivity index (χ1) is 12.6. The summed E-state index contributed by atoms with van der Waals surface area (Å²) in [6.07, 6.45) is 3.99. The highest BCUT2D eigenvalue weighted by Gasteiger charge is 2.05. The van der Waals surface area contributed by atoms with Crippen LogP contribution in [0.2, 0.25) is 5.02 Å². The lowest BCUT2D eigenvalue weighted by Crippen LogP contribution is -1.96. The third-order valence-corrected chi connectivity index (χ3v) is 5.49. The van der Waals surface area contributed by atoms with Gasteiger partial charge < -0.3 is 0 Å². The van der Waals surface area contributed by atoms with Crippen molar-refractivity contribution in [3.05, 3.63) is 105 Å². The summed E-state index contributed by atoms with van der Waals surface area (Å²) in [7, 11) is 0. The Morgan fingerprint density at radius 3 is 1.77 bits per heavy atom. The molecule has 3 aromatic carbocycles. The van der Waals surface area contributed by atoms with Crippen LogP contribution < -0.4 is 0 Å². The fourth-order valence-electron chi connectivity index (χ4n) is 3.40. The maximum absolute atomic E-state index is 6.37. The molecule has 0 fully saturated rings. The molecular formula is C25H27Cl. The molecule has 0 unspecified atom stereocenters. The van der Waals surface area contributed by atoms with Crippen LogP contribution in [0, 0.1) is 6.92 Å². The summed E-state index contributed by atoms with van der Waals surface area (Å²) < 4.78 is 0. The molecule has 0 aliphatic carbocycles. The van der Waals surface area contributed by atoms with Crippen LogP contribution in [-0.4, -0.2) is 0 Å². The van der Waals surface area contributed by atoms with Crippen LogP contribution in [0.3, 0.4) is 0 Å².